The highest BCUT2D eigenvalue weighted by Gasteiger charge is 2.19. The van der Waals surface area contributed by atoms with Crippen LogP contribution in [-0.2, 0) is 0 Å². The first-order valence-electron chi connectivity index (χ1n) is 6.42. The first-order valence-corrected chi connectivity index (χ1v) is 6.42. The quantitative estimate of drug-likeness (QED) is 0.747. The Morgan fingerprint density at radius 1 is 1.14 bits per heavy atom. The van der Waals surface area contributed by atoms with E-state index in [0.29, 0.717) is 22.6 Å². The zero-order valence-corrected chi connectivity index (χ0v) is 11.7. The number of pyridine rings is 1. The van der Waals surface area contributed by atoms with E-state index in [4.69, 9.17) is 9.47 Å². The minimum atomic E-state index is -0.134. The van der Waals surface area contributed by atoms with Crippen LogP contribution in [-0.4, -0.2) is 30.0 Å². The molecule has 0 radical (unpaired) electrons. The Balaban J connectivity index is 2.13. The minimum Gasteiger partial charge on any atom is -0.497 e. The molecule has 0 fully saturated rings. The lowest BCUT2D eigenvalue weighted by Crippen LogP contribution is -2.04. The van der Waals surface area contributed by atoms with Gasteiger partial charge in [0.2, 0.25) is 0 Å². The number of ether oxygens (including phenoxy) is 2. The van der Waals surface area contributed by atoms with Crippen molar-refractivity contribution in [2.45, 2.75) is 0 Å². The van der Waals surface area contributed by atoms with E-state index in [1.165, 1.54) is 7.11 Å². The Morgan fingerprint density at radius 2 is 2.00 bits per heavy atom. The highest BCUT2D eigenvalue weighted by Crippen LogP contribution is 2.28. The summed E-state index contributed by atoms with van der Waals surface area (Å²) in [6, 6.07) is 6.98. The number of aromatic amines is 1. The van der Waals surface area contributed by atoms with E-state index in [1.807, 2.05) is 6.07 Å². The second-order valence-corrected chi connectivity index (χ2v) is 4.52. The molecule has 1 aromatic carbocycles. The summed E-state index contributed by atoms with van der Waals surface area (Å²) in [6.45, 7) is 0. The monoisotopic (exact) mass is 282 g/mol. The van der Waals surface area contributed by atoms with Gasteiger partial charge in [-0.15, -0.1) is 0 Å². The van der Waals surface area contributed by atoms with Crippen LogP contribution in [0.5, 0.6) is 11.5 Å². The molecule has 106 valence electrons. The molecule has 5 heteroatoms. The van der Waals surface area contributed by atoms with E-state index in [0.717, 1.165) is 10.9 Å². The number of rotatable bonds is 4. The van der Waals surface area contributed by atoms with Gasteiger partial charge in [0.25, 0.3) is 0 Å². The Hall–Kier alpha value is -2.82. The van der Waals surface area contributed by atoms with Crippen LogP contribution in [0.2, 0.25) is 0 Å². The van der Waals surface area contributed by atoms with E-state index in [9.17, 15) is 4.79 Å². The number of nitrogens with zero attached hydrogens (tertiary/aromatic N) is 1. The molecule has 3 aromatic rings. The number of carbonyl (C=O) groups excluding carboxylic acids is 1. The molecule has 0 saturated heterocycles. The molecule has 0 saturated carbocycles. The maximum Gasteiger partial charge on any atom is 0.199 e. The SMILES string of the molecule is COc1ccc(OC)c(C(=O)c2c[nH]c3ccncc23)c1. The van der Waals surface area contributed by atoms with Crippen molar-refractivity contribution in [3.63, 3.8) is 0 Å². The summed E-state index contributed by atoms with van der Waals surface area (Å²) in [6.07, 6.45) is 5.04. The second-order valence-electron chi connectivity index (χ2n) is 4.52. The van der Waals surface area contributed by atoms with Crippen molar-refractivity contribution in [2.75, 3.05) is 14.2 Å². The molecular weight excluding hydrogens is 268 g/mol. The summed E-state index contributed by atoms with van der Waals surface area (Å²) in [5, 5.41) is 0.785. The van der Waals surface area contributed by atoms with Gasteiger partial charge in [-0.2, -0.15) is 0 Å². The summed E-state index contributed by atoms with van der Waals surface area (Å²) in [5.41, 5.74) is 1.89. The van der Waals surface area contributed by atoms with Crippen LogP contribution >= 0.6 is 0 Å². The van der Waals surface area contributed by atoms with Crippen molar-refractivity contribution < 1.29 is 14.3 Å². The zero-order valence-electron chi connectivity index (χ0n) is 11.7. The van der Waals surface area contributed by atoms with Crippen molar-refractivity contribution in [1.82, 2.24) is 9.97 Å². The second kappa shape index (κ2) is 5.28. The Morgan fingerprint density at radius 3 is 2.76 bits per heavy atom. The van der Waals surface area contributed by atoms with Gasteiger partial charge in [0.15, 0.2) is 5.78 Å². The Kier molecular flexibility index (Phi) is 3.31. The lowest BCUT2D eigenvalue weighted by molar-refractivity contribution is 0.103. The standard InChI is InChI=1S/C16H14N2O3/c1-20-10-3-4-15(21-2)11(7-10)16(19)13-9-18-14-5-6-17-8-12(13)14/h3-9,18H,1-2H3. The van der Waals surface area contributed by atoms with Gasteiger partial charge in [0, 0.05) is 35.1 Å². The first kappa shape index (κ1) is 13.2. The molecule has 0 atom stereocenters. The third kappa shape index (κ3) is 2.23. The Bertz CT molecular complexity index is 808. The molecule has 2 heterocycles. The average molecular weight is 282 g/mol. The average Bonchev–Trinajstić information content (AvgIpc) is 2.97. The van der Waals surface area contributed by atoms with E-state index in [-0.39, 0.29) is 5.78 Å². The summed E-state index contributed by atoms with van der Waals surface area (Å²) in [4.78, 5) is 19.9. The van der Waals surface area contributed by atoms with Gasteiger partial charge in [0.05, 0.1) is 19.8 Å². The molecule has 0 unspecified atom stereocenters. The molecule has 3 rings (SSSR count). The van der Waals surface area contributed by atoms with Crippen LogP contribution in [0.1, 0.15) is 15.9 Å². The van der Waals surface area contributed by atoms with Gasteiger partial charge >= 0.3 is 0 Å². The number of benzene rings is 1. The highest BCUT2D eigenvalue weighted by molar-refractivity contribution is 6.17. The number of hydrogen-bond acceptors (Lipinski definition) is 4. The van der Waals surface area contributed by atoms with Crippen LogP contribution in [0, 0.1) is 0 Å². The Labute approximate surface area is 121 Å². The number of methoxy groups -OCH3 is 2. The predicted octanol–water partition coefficient (Wildman–Crippen LogP) is 2.81. The largest absolute Gasteiger partial charge is 0.497 e. The van der Waals surface area contributed by atoms with E-state index < -0.39 is 0 Å². The van der Waals surface area contributed by atoms with Gasteiger partial charge in [-0.1, -0.05) is 0 Å². The first-order chi connectivity index (χ1) is 10.2. The topological polar surface area (TPSA) is 64.2 Å². The molecule has 0 aliphatic heterocycles. The number of fused-ring (bicyclic) bond motifs is 1. The van der Waals surface area contributed by atoms with Crippen LogP contribution in [0.15, 0.2) is 42.9 Å². The van der Waals surface area contributed by atoms with E-state index >= 15 is 0 Å². The third-order valence-corrected chi connectivity index (χ3v) is 3.38. The molecule has 2 aromatic heterocycles. The number of H-pyrrole nitrogens is 1. The summed E-state index contributed by atoms with van der Waals surface area (Å²) in [5.74, 6) is 0.987. The molecular formula is C16H14N2O3. The van der Waals surface area contributed by atoms with Crippen LogP contribution in [0.3, 0.4) is 0 Å². The number of hydrogen-bond donors (Lipinski definition) is 1. The third-order valence-electron chi connectivity index (χ3n) is 3.38. The summed E-state index contributed by atoms with van der Waals surface area (Å²) in [7, 11) is 3.10. The fourth-order valence-corrected chi connectivity index (χ4v) is 2.29. The van der Waals surface area contributed by atoms with Gasteiger partial charge < -0.3 is 14.5 Å². The van der Waals surface area contributed by atoms with Crippen LogP contribution < -0.4 is 9.47 Å². The van der Waals surface area contributed by atoms with Gasteiger partial charge in [0.1, 0.15) is 11.5 Å². The molecule has 0 aliphatic rings. The molecule has 5 nitrogen and oxygen atoms in total. The van der Waals surface area contributed by atoms with Crippen molar-refractivity contribution in [3.05, 3.63) is 54.0 Å². The molecule has 1 N–H and O–H groups in total. The number of ketones is 1. The van der Waals surface area contributed by atoms with Crippen molar-refractivity contribution >= 4 is 16.7 Å². The lowest BCUT2D eigenvalue weighted by atomic mass is 10.0. The normalized spacial score (nSPS) is 10.6. The van der Waals surface area contributed by atoms with Crippen molar-refractivity contribution in [2.24, 2.45) is 0 Å². The number of carbonyl (C=O) groups is 1. The van der Waals surface area contributed by atoms with Gasteiger partial charge in [-0.3, -0.25) is 9.78 Å². The number of aromatic nitrogens is 2. The predicted molar refractivity (Wildman–Crippen MR) is 79.1 cm³/mol. The maximum absolute atomic E-state index is 12.8. The minimum absolute atomic E-state index is 0.134. The maximum atomic E-state index is 12.8. The van der Waals surface area contributed by atoms with Crippen LogP contribution in [0.25, 0.3) is 10.9 Å². The summed E-state index contributed by atoms with van der Waals surface area (Å²) < 4.78 is 10.5. The highest BCUT2D eigenvalue weighted by atomic mass is 16.5. The van der Waals surface area contributed by atoms with E-state index in [1.54, 1.807) is 43.9 Å². The van der Waals surface area contributed by atoms with Crippen molar-refractivity contribution in [3.8, 4) is 11.5 Å². The fourth-order valence-electron chi connectivity index (χ4n) is 2.29. The summed E-state index contributed by atoms with van der Waals surface area (Å²) >= 11 is 0. The van der Waals surface area contributed by atoms with Crippen molar-refractivity contribution in [1.29, 1.82) is 0 Å². The zero-order chi connectivity index (χ0) is 14.8. The molecule has 0 amide bonds. The molecule has 21 heavy (non-hydrogen) atoms. The fraction of sp³-hybridized carbons (Fsp3) is 0.125. The van der Waals surface area contributed by atoms with Crippen LogP contribution in [0.4, 0.5) is 0 Å². The molecule has 0 aliphatic carbocycles. The molecule has 0 spiro atoms. The van der Waals surface area contributed by atoms with E-state index in [2.05, 4.69) is 9.97 Å². The number of nitrogens with one attached hydrogen (secondary N) is 1. The van der Waals surface area contributed by atoms with Gasteiger partial charge in [-0.05, 0) is 24.3 Å². The van der Waals surface area contributed by atoms with Gasteiger partial charge in [-0.25, -0.2) is 0 Å². The molecule has 0 bridgehead atoms. The smallest absolute Gasteiger partial charge is 0.199 e. The lowest BCUT2D eigenvalue weighted by Gasteiger charge is -2.09.